The summed E-state index contributed by atoms with van der Waals surface area (Å²) in [6, 6.07) is 21.0. The summed E-state index contributed by atoms with van der Waals surface area (Å²) in [5, 5.41) is 13.7. The van der Waals surface area contributed by atoms with Crippen LogP contribution in [-0.4, -0.2) is 74.2 Å². The number of ether oxygens (including phenoxy) is 3. The second-order valence-corrected chi connectivity index (χ2v) is 18.4. The molecule has 0 aromatic heterocycles. The summed E-state index contributed by atoms with van der Waals surface area (Å²) in [5.74, 6) is -3.45. The van der Waals surface area contributed by atoms with Gasteiger partial charge in [0.1, 0.15) is 6.61 Å². The van der Waals surface area contributed by atoms with Gasteiger partial charge in [0.25, 0.3) is 8.32 Å². The lowest BCUT2D eigenvalue weighted by molar-refractivity contribution is -0.337. The fourth-order valence-electron chi connectivity index (χ4n) is 6.95. The zero-order valence-corrected chi connectivity index (χ0v) is 29.1. The summed E-state index contributed by atoms with van der Waals surface area (Å²) in [5.41, 5.74) is 0. The number of aliphatic hydroxyl groups excluding tert-OH is 1. The Bertz CT molecular complexity index is 1270. The van der Waals surface area contributed by atoms with E-state index >= 15 is 0 Å². The van der Waals surface area contributed by atoms with Crippen molar-refractivity contribution in [1.82, 2.24) is 4.90 Å². The monoisotopic (exact) mass is 637 g/mol. The van der Waals surface area contributed by atoms with Gasteiger partial charge in [0.2, 0.25) is 5.91 Å². The van der Waals surface area contributed by atoms with Crippen molar-refractivity contribution in [3.05, 3.63) is 73.3 Å². The molecule has 2 aliphatic heterocycles. The predicted molar refractivity (Wildman–Crippen MR) is 178 cm³/mol. The SMILES string of the molecule is C=C[C@H](C)[C@H](O)[C@H](C(=O)N1CCOC1=O)[C@@H]1OC(C)(C)O[C@H]([C@H](C)CO[Si](c2ccccc2)(c2ccccc2)C(C)(C)C)[C@H]1C. The standard InChI is InChI=1S/C36H51NO7Si/c1-10-24(2)30(38)29(33(39)37-21-22-41-34(37)40)32-26(4)31(43-36(8,9)44-32)25(3)23-42-45(35(5,6)7,27-17-13-11-14-18-27)28-19-15-12-16-20-28/h10-20,24-26,29-32,38H,1,21-23H2,2-9H3/t24-,25+,26+,29-,30-,31+,32+/m0/s1. The van der Waals surface area contributed by atoms with Crippen molar-refractivity contribution in [3.63, 3.8) is 0 Å². The van der Waals surface area contributed by atoms with E-state index < -0.39 is 50.1 Å². The molecule has 45 heavy (non-hydrogen) atoms. The average molecular weight is 638 g/mol. The molecule has 246 valence electrons. The van der Waals surface area contributed by atoms with Crippen LogP contribution >= 0.6 is 0 Å². The molecule has 2 saturated heterocycles. The molecule has 2 heterocycles. The Morgan fingerprint density at radius 2 is 1.60 bits per heavy atom. The van der Waals surface area contributed by atoms with E-state index in [1.165, 1.54) is 10.4 Å². The van der Waals surface area contributed by atoms with Crippen LogP contribution in [0.3, 0.4) is 0 Å². The van der Waals surface area contributed by atoms with Gasteiger partial charge in [-0.3, -0.25) is 4.79 Å². The normalized spacial score (nSPS) is 24.8. The molecule has 0 spiro atoms. The molecule has 8 nitrogen and oxygen atoms in total. The van der Waals surface area contributed by atoms with Gasteiger partial charge in [-0.25, -0.2) is 9.69 Å². The smallest absolute Gasteiger partial charge is 0.416 e. The fourth-order valence-corrected chi connectivity index (χ4v) is 11.6. The molecule has 0 unspecified atom stereocenters. The van der Waals surface area contributed by atoms with Crippen LogP contribution in [0.15, 0.2) is 73.3 Å². The second kappa shape index (κ2) is 13.9. The van der Waals surface area contributed by atoms with Gasteiger partial charge in [-0.1, -0.05) is 108 Å². The third kappa shape index (κ3) is 7.13. The number of hydrogen-bond donors (Lipinski definition) is 1. The molecule has 2 amide bonds. The van der Waals surface area contributed by atoms with Crippen LogP contribution in [0.2, 0.25) is 5.04 Å². The van der Waals surface area contributed by atoms with Crippen LogP contribution in [0.4, 0.5) is 4.79 Å². The van der Waals surface area contributed by atoms with E-state index in [-0.39, 0.29) is 36.1 Å². The maximum atomic E-state index is 13.9. The molecule has 0 aliphatic carbocycles. The van der Waals surface area contributed by atoms with Crippen molar-refractivity contribution in [3.8, 4) is 0 Å². The van der Waals surface area contributed by atoms with Gasteiger partial charge >= 0.3 is 6.09 Å². The third-order valence-corrected chi connectivity index (χ3v) is 14.4. The topological polar surface area (TPSA) is 94.5 Å². The second-order valence-electron chi connectivity index (χ2n) is 14.1. The van der Waals surface area contributed by atoms with Crippen molar-refractivity contribution < 1.29 is 33.3 Å². The number of hydrogen-bond acceptors (Lipinski definition) is 7. The van der Waals surface area contributed by atoms with Crippen LogP contribution < -0.4 is 10.4 Å². The molecule has 2 aliphatic rings. The number of carbonyl (C=O) groups is 2. The number of imide groups is 1. The summed E-state index contributed by atoms with van der Waals surface area (Å²) in [6.07, 6.45) is -1.34. The first-order valence-electron chi connectivity index (χ1n) is 16.0. The molecule has 0 bridgehead atoms. The quantitative estimate of drug-likeness (QED) is 0.270. The molecular formula is C36H51NO7Si. The van der Waals surface area contributed by atoms with Crippen LogP contribution in [-0.2, 0) is 23.4 Å². The zero-order valence-electron chi connectivity index (χ0n) is 28.1. The number of nitrogens with zero attached hydrogens (tertiary/aromatic N) is 1. The molecule has 4 rings (SSSR count). The number of cyclic esters (lactones) is 1. The van der Waals surface area contributed by atoms with E-state index in [9.17, 15) is 14.7 Å². The lowest BCUT2D eigenvalue weighted by atomic mass is 9.77. The summed E-state index contributed by atoms with van der Waals surface area (Å²) in [4.78, 5) is 27.4. The molecule has 7 atom stereocenters. The molecule has 1 N–H and O–H groups in total. The largest absolute Gasteiger partial charge is 0.447 e. The molecule has 2 aromatic rings. The highest BCUT2D eigenvalue weighted by atomic mass is 28.4. The van der Waals surface area contributed by atoms with Crippen molar-refractivity contribution in [1.29, 1.82) is 0 Å². The lowest BCUT2D eigenvalue weighted by Gasteiger charge is -2.50. The molecule has 0 saturated carbocycles. The minimum atomic E-state index is -2.80. The highest BCUT2D eigenvalue weighted by molar-refractivity contribution is 6.99. The Labute approximate surface area is 269 Å². The number of benzene rings is 2. The van der Waals surface area contributed by atoms with Gasteiger partial charge in [-0.2, -0.15) is 0 Å². The highest BCUT2D eigenvalue weighted by Gasteiger charge is 2.54. The minimum absolute atomic E-state index is 0.103. The Balaban J connectivity index is 1.69. The average Bonchev–Trinajstić information content (AvgIpc) is 3.44. The fraction of sp³-hybridized carbons (Fsp3) is 0.556. The maximum Gasteiger partial charge on any atom is 0.416 e. The van der Waals surface area contributed by atoms with Gasteiger partial charge in [0, 0.05) is 24.4 Å². The third-order valence-electron chi connectivity index (χ3n) is 9.36. The van der Waals surface area contributed by atoms with E-state index in [1.54, 1.807) is 13.0 Å². The minimum Gasteiger partial charge on any atom is -0.447 e. The molecule has 2 fully saturated rings. The molecule has 0 radical (unpaired) electrons. The summed E-state index contributed by atoms with van der Waals surface area (Å²) < 4.78 is 25.4. The molecular weight excluding hydrogens is 586 g/mol. The number of aliphatic hydroxyl groups is 1. The summed E-state index contributed by atoms with van der Waals surface area (Å²) >= 11 is 0. The predicted octanol–water partition coefficient (Wildman–Crippen LogP) is 5.13. The first kappa shape index (κ1) is 35.0. The van der Waals surface area contributed by atoms with E-state index in [0.717, 1.165) is 4.90 Å². The Morgan fingerprint density at radius 1 is 1.07 bits per heavy atom. The summed E-state index contributed by atoms with van der Waals surface area (Å²) in [6.45, 7) is 20.8. The van der Waals surface area contributed by atoms with Gasteiger partial charge in [-0.05, 0) is 29.3 Å². The van der Waals surface area contributed by atoms with E-state index in [0.29, 0.717) is 6.61 Å². The van der Waals surface area contributed by atoms with Crippen LogP contribution in [0.25, 0.3) is 0 Å². The van der Waals surface area contributed by atoms with Crippen LogP contribution in [0, 0.1) is 23.7 Å². The summed E-state index contributed by atoms with van der Waals surface area (Å²) in [7, 11) is -2.80. The molecule has 2 aromatic carbocycles. The number of rotatable bonds is 11. The molecule has 9 heteroatoms. The first-order valence-corrected chi connectivity index (χ1v) is 17.9. The van der Waals surface area contributed by atoms with E-state index in [2.05, 4.69) is 82.8 Å². The van der Waals surface area contributed by atoms with Gasteiger partial charge in [0.15, 0.2) is 5.79 Å². The van der Waals surface area contributed by atoms with E-state index in [1.807, 2.05) is 32.9 Å². The number of carbonyl (C=O) groups excluding carboxylic acids is 2. The van der Waals surface area contributed by atoms with Gasteiger partial charge < -0.3 is 23.7 Å². The van der Waals surface area contributed by atoms with Gasteiger partial charge in [0.05, 0.1) is 30.8 Å². The van der Waals surface area contributed by atoms with Crippen molar-refractivity contribution in [2.75, 3.05) is 19.8 Å². The zero-order chi connectivity index (χ0) is 33.2. The van der Waals surface area contributed by atoms with Crippen LogP contribution in [0.1, 0.15) is 55.4 Å². The first-order chi connectivity index (χ1) is 21.1. The van der Waals surface area contributed by atoms with Crippen molar-refractivity contribution in [2.24, 2.45) is 23.7 Å². The highest BCUT2D eigenvalue weighted by Crippen LogP contribution is 2.42. The Morgan fingerprint density at radius 3 is 2.07 bits per heavy atom. The van der Waals surface area contributed by atoms with Gasteiger partial charge in [-0.15, -0.1) is 6.58 Å². The van der Waals surface area contributed by atoms with Crippen LogP contribution in [0.5, 0.6) is 0 Å². The van der Waals surface area contributed by atoms with Crippen molar-refractivity contribution in [2.45, 2.75) is 84.5 Å². The number of amides is 2. The Kier molecular flexibility index (Phi) is 10.8. The lowest BCUT2D eigenvalue weighted by Crippen LogP contribution is -2.67. The maximum absolute atomic E-state index is 13.9. The van der Waals surface area contributed by atoms with Crippen molar-refractivity contribution >= 4 is 30.7 Å². The Hall–Kier alpha value is -2.82. The van der Waals surface area contributed by atoms with E-state index in [4.69, 9.17) is 18.6 Å².